The van der Waals surface area contributed by atoms with Crippen LogP contribution in [0.25, 0.3) is 0 Å². The van der Waals surface area contributed by atoms with Crippen molar-refractivity contribution < 1.29 is 9.59 Å². The van der Waals surface area contributed by atoms with Crippen LogP contribution in [-0.4, -0.2) is 27.7 Å². The molecule has 0 bridgehead atoms. The Balaban J connectivity index is 2.05. The zero-order valence-corrected chi connectivity index (χ0v) is 12.7. The van der Waals surface area contributed by atoms with Gasteiger partial charge >= 0.3 is 0 Å². The summed E-state index contributed by atoms with van der Waals surface area (Å²) in [5.74, 6) is 0.0507. The second-order valence-electron chi connectivity index (χ2n) is 4.42. The van der Waals surface area contributed by atoms with Crippen LogP contribution in [0.2, 0.25) is 10.0 Å². The summed E-state index contributed by atoms with van der Waals surface area (Å²) in [7, 11) is 0. The Morgan fingerprint density at radius 3 is 2.89 bits per heavy atom. The molecule has 0 aliphatic carbocycles. The van der Waals surface area contributed by atoms with Crippen LogP contribution in [0, 0.1) is 0 Å². The number of carbonyl (C=O) groups is 2. The molecule has 1 aliphatic heterocycles. The van der Waals surface area contributed by atoms with Crippen LogP contribution in [-0.2, 0) is 16.1 Å². The van der Waals surface area contributed by atoms with Gasteiger partial charge in [-0.3, -0.25) is 9.59 Å². The predicted octanol–water partition coefficient (Wildman–Crippen LogP) is 3.37. The Morgan fingerprint density at radius 1 is 1.47 bits per heavy atom. The third kappa shape index (κ3) is 3.65. The first-order valence-corrected chi connectivity index (χ1v) is 7.49. The van der Waals surface area contributed by atoms with Crippen molar-refractivity contribution in [1.82, 2.24) is 4.90 Å². The molecular weight excluding hydrogens is 305 g/mol. The van der Waals surface area contributed by atoms with Crippen molar-refractivity contribution in [2.75, 3.05) is 6.54 Å². The van der Waals surface area contributed by atoms with Crippen LogP contribution in [0.1, 0.15) is 18.9 Å². The zero-order valence-electron chi connectivity index (χ0n) is 10.4. The minimum atomic E-state index is 0.0421. The fourth-order valence-electron chi connectivity index (χ4n) is 2.08. The van der Waals surface area contributed by atoms with Crippen LogP contribution < -0.4 is 0 Å². The van der Waals surface area contributed by atoms with Crippen LogP contribution in [0.5, 0.6) is 0 Å². The summed E-state index contributed by atoms with van der Waals surface area (Å²) in [4.78, 5) is 24.7. The lowest BCUT2D eigenvalue weighted by molar-refractivity contribution is -0.128. The van der Waals surface area contributed by atoms with Gasteiger partial charge in [-0.1, -0.05) is 47.1 Å². The molecule has 1 aromatic carbocycles. The molecule has 19 heavy (non-hydrogen) atoms. The molecule has 0 N–H and O–H groups in total. The van der Waals surface area contributed by atoms with Gasteiger partial charge < -0.3 is 4.90 Å². The monoisotopic (exact) mass is 317 g/mol. The Morgan fingerprint density at radius 2 is 2.21 bits per heavy atom. The maximum absolute atomic E-state index is 11.9. The van der Waals surface area contributed by atoms with Crippen molar-refractivity contribution in [3.63, 3.8) is 0 Å². The van der Waals surface area contributed by atoms with Crippen molar-refractivity contribution in [2.45, 2.75) is 25.1 Å². The molecule has 0 radical (unpaired) electrons. The van der Waals surface area contributed by atoms with Crippen LogP contribution in [0.3, 0.4) is 0 Å². The van der Waals surface area contributed by atoms with Crippen LogP contribution >= 0.6 is 35.0 Å². The van der Waals surface area contributed by atoms with Gasteiger partial charge in [0.25, 0.3) is 0 Å². The largest absolute Gasteiger partial charge is 0.337 e. The summed E-state index contributed by atoms with van der Waals surface area (Å²) in [6, 6.07) is 5.38. The Kier molecular flexibility index (Phi) is 4.76. The highest BCUT2D eigenvalue weighted by atomic mass is 35.5. The van der Waals surface area contributed by atoms with Crippen LogP contribution in [0.4, 0.5) is 0 Å². The number of halogens is 2. The lowest BCUT2D eigenvalue weighted by Crippen LogP contribution is -2.25. The number of rotatable bonds is 3. The number of carbonyl (C=O) groups excluding carboxylic acids is 2. The van der Waals surface area contributed by atoms with Crippen molar-refractivity contribution in [3.8, 4) is 0 Å². The van der Waals surface area contributed by atoms with Gasteiger partial charge in [0.05, 0.1) is 10.0 Å². The fraction of sp³-hybridized carbons (Fsp3) is 0.385. The van der Waals surface area contributed by atoms with Gasteiger partial charge in [-0.15, -0.1) is 0 Å². The topological polar surface area (TPSA) is 37.4 Å². The van der Waals surface area contributed by atoms with Crippen molar-refractivity contribution >= 4 is 46.0 Å². The summed E-state index contributed by atoms with van der Waals surface area (Å²) in [6.07, 6.45) is 0.405. The molecule has 1 unspecified atom stereocenters. The van der Waals surface area contributed by atoms with E-state index in [9.17, 15) is 9.59 Å². The molecule has 102 valence electrons. The average Bonchev–Trinajstić information content (AvgIpc) is 2.64. The number of hydrogen-bond acceptors (Lipinski definition) is 3. The van der Waals surface area contributed by atoms with E-state index in [-0.39, 0.29) is 16.3 Å². The lowest BCUT2D eigenvalue weighted by Gasteiger charge is -2.17. The molecule has 6 heteroatoms. The van der Waals surface area contributed by atoms with Gasteiger partial charge in [0, 0.05) is 31.7 Å². The summed E-state index contributed by atoms with van der Waals surface area (Å²) >= 11 is 13.3. The molecule has 0 spiro atoms. The van der Waals surface area contributed by atoms with E-state index in [2.05, 4.69) is 0 Å². The molecule has 1 aromatic rings. The smallest absolute Gasteiger partial charge is 0.224 e. The normalized spacial score (nSPS) is 19.0. The minimum absolute atomic E-state index is 0.0421. The van der Waals surface area contributed by atoms with Gasteiger partial charge in [0.2, 0.25) is 5.91 Å². The van der Waals surface area contributed by atoms with Crippen LogP contribution in [0.15, 0.2) is 18.2 Å². The maximum atomic E-state index is 11.9. The minimum Gasteiger partial charge on any atom is -0.337 e. The van der Waals surface area contributed by atoms with E-state index in [0.717, 1.165) is 5.56 Å². The van der Waals surface area contributed by atoms with E-state index in [1.165, 1.54) is 18.7 Å². The number of thioether (sulfide) groups is 1. The molecular formula is C13H13Cl2NO2S. The van der Waals surface area contributed by atoms with E-state index in [1.807, 2.05) is 12.1 Å². The first-order chi connectivity index (χ1) is 8.97. The Bertz CT molecular complexity index is 521. The number of benzene rings is 1. The second kappa shape index (κ2) is 6.16. The van der Waals surface area contributed by atoms with E-state index >= 15 is 0 Å². The first-order valence-electron chi connectivity index (χ1n) is 5.85. The van der Waals surface area contributed by atoms with Gasteiger partial charge in [-0.05, 0) is 11.6 Å². The van der Waals surface area contributed by atoms with E-state index in [0.29, 0.717) is 29.6 Å². The SMILES string of the molecule is CC(=O)SC1CC(=O)N(Cc2cccc(Cl)c2Cl)C1. The average molecular weight is 318 g/mol. The highest BCUT2D eigenvalue weighted by Gasteiger charge is 2.31. The molecule has 0 saturated carbocycles. The van der Waals surface area contributed by atoms with E-state index in [1.54, 1.807) is 11.0 Å². The molecule has 1 amide bonds. The van der Waals surface area contributed by atoms with Gasteiger partial charge in [-0.25, -0.2) is 0 Å². The third-order valence-corrected chi connectivity index (χ3v) is 4.74. The third-order valence-electron chi connectivity index (χ3n) is 2.90. The number of likely N-dealkylation sites (tertiary alicyclic amines) is 1. The molecule has 0 aromatic heterocycles. The van der Waals surface area contributed by atoms with E-state index in [4.69, 9.17) is 23.2 Å². The van der Waals surface area contributed by atoms with Gasteiger partial charge in [0.1, 0.15) is 0 Å². The molecule has 1 aliphatic rings. The Hall–Kier alpha value is -0.710. The molecule has 1 fully saturated rings. The van der Waals surface area contributed by atoms with Gasteiger partial charge in [-0.2, -0.15) is 0 Å². The molecule has 1 atom stereocenters. The standard InChI is InChI=1S/C13H13Cl2NO2S/c1-8(17)19-10-5-12(18)16(7-10)6-9-3-2-4-11(14)13(9)15/h2-4,10H,5-7H2,1H3. The number of hydrogen-bond donors (Lipinski definition) is 0. The zero-order chi connectivity index (χ0) is 14.0. The second-order valence-corrected chi connectivity index (χ2v) is 6.69. The maximum Gasteiger partial charge on any atom is 0.224 e. The molecule has 3 nitrogen and oxygen atoms in total. The van der Waals surface area contributed by atoms with E-state index < -0.39 is 0 Å². The summed E-state index contributed by atoms with van der Waals surface area (Å²) < 4.78 is 0. The number of amides is 1. The summed E-state index contributed by atoms with van der Waals surface area (Å²) in [5.41, 5.74) is 0.830. The lowest BCUT2D eigenvalue weighted by atomic mass is 10.2. The van der Waals surface area contributed by atoms with Crippen molar-refractivity contribution in [1.29, 1.82) is 0 Å². The molecule has 1 heterocycles. The molecule has 2 rings (SSSR count). The van der Waals surface area contributed by atoms with Crippen molar-refractivity contribution in [3.05, 3.63) is 33.8 Å². The number of nitrogens with zero attached hydrogens (tertiary/aromatic N) is 1. The quantitative estimate of drug-likeness (QED) is 0.857. The fourth-order valence-corrected chi connectivity index (χ4v) is 3.41. The predicted molar refractivity (Wildman–Crippen MR) is 78.6 cm³/mol. The Labute approximate surface area is 126 Å². The van der Waals surface area contributed by atoms with Crippen molar-refractivity contribution in [2.24, 2.45) is 0 Å². The van der Waals surface area contributed by atoms with Gasteiger partial charge in [0.15, 0.2) is 5.12 Å². The molecule has 1 saturated heterocycles. The highest BCUT2D eigenvalue weighted by Crippen LogP contribution is 2.30. The first kappa shape index (κ1) is 14.7. The summed E-state index contributed by atoms with van der Waals surface area (Å²) in [6.45, 7) is 2.53. The summed E-state index contributed by atoms with van der Waals surface area (Å²) in [5, 5.41) is 1.06. The highest BCUT2D eigenvalue weighted by molar-refractivity contribution is 8.14.